The Morgan fingerprint density at radius 1 is 0.897 bits per heavy atom. The number of hydrogen-bond acceptors (Lipinski definition) is 4. The van der Waals surface area contributed by atoms with E-state index in [0.717, 1.165) is 18.6 Å². The number of ether oxygens (including phenoxy) is 1. The number of carboxylic acids is 1. The summed E-state index contributed by atoms with van der Waals surface area (Å²) in [5, 5.41) is 12.4. The van der Waals surface area contributed by atoms with Crippen molar-refractivity contribution in [2.45, 2.75) is 57.9 Å². The normalized spacial score (nSPS) is 11.8. The van der Waals surface area contributed by atoms with Gasteiger partial charge in [0.1, 0.15) is 17.5 Å². The molecule has 0 fully saturated rings. The first-order valence-electron chi connectivity index (χ1n) is 10.4. The second-order valence-electron chi connectivity index (χ2n) is 7.18. The fourth-order valence-electron chi connectivity index (χ4n) is 3.07. The molecule has 1 unspecified atom stereocenters. The predicted octanol–water partition coefficient (Wildman–Crippen LogP) is 5.46. The second kappa shape index (κ2) is 12.7. The van der Waals surface area contributed by atoms with Gasteiger partial charge in [-0.05, 0) is 49.4 Å². The van der Waals surface area contributed by atoms with E-state index in [4.69, 9.17) is 4.74 Å². The Morgan fingerprint density at radius 3 is 2.17 bits per heavy atom. The lowest BCUT2D eigenvalue weighted by atomic mass is 10.0. The molecule has 2 aromatic rings. The molecule has 2 rings (SSSR count). The van der Waals surface area contributed by atoms with Crippen LogP contribution in [0.3, 0.4) is 0 Å². The molecule has 2 N–H and O–H groups in total. The molecule has 0 saturated heterocycles. The van der Waals surface area contributed by atoms with Crippen LogP contribution in [0.2, 0.25) is 0 Å². The molecular weight excluding hydrogens is 366 g/mol. The quantitative estimate of drug-likeness (QED) is 0.327. The molecule has 0 aromatic heterocycles. The second-order valence-corrected chi connectivity index (χ2v) is 7.18. The largest absolute Gasteiger partial charge is 0.480 e. The Labute approximate surface area is 173 Å². The monoisotopic (exact) mass is 397 g/mol. The average Bonchev–Trinajstić information content (AvgIpc) is 2.73. The number of nitrogens with one attached hydrogen (secondary N) is 1. The highest BCUT2D eigenvalue weighted by Crippen LogP contribution is 2.21. The minimum atomic E-state index is -0.992. The number of carbonyl (C=O) groups is 2. The van der Waals surface area contributed by atoms with E-state index >= 15 is 0 Å². The molecule has 29 heavy (non-hydrogen) atoms. The van der Waals surface area contributed by atoms with Gasteiger partial charge in [0, 0.05) is 12.0 Å². The number of rotatable bonds is 14. The standard InChI is InChI=1S/C24H31NO4/c1-2-3-4-5-6-10-17-25-22(24(27)28)18-23(26)19-13-15-21(16-14-19)29-20-11-8-7-9-12-20/h7-9,11-16,22,25H,2-6,10,17-18H2,1H3,(H,27,28). The lowest BCUT2D eigenvalue weighted by Gasteiger charge is -2.14. The summed E-state index contributed by atoms with van der Waals surface area (Å²) in [6.07, 6.45) is 6.79. The van der Waals surface area contributed by atoms with Crippen LogP contribution in [-0.4, -0.2) is 29.4 Å². The summed E-state index contributed by atoms with van der Waals surface area (Å²) in [5.74, 6) is 0.160. The summed E-state index contributed by atoms with van der Waals surface area (Å²) in [5.41, 5.74) is 0.484. The van der Waals surface area contributed by atoms with Crippen LogP contribution < -0.4 is 10.1 Å². The zero-order chi connectivity index (χ0) is 20.9. The Balaban J connectivity index is 1.80. The lowest BCUT2D eigenvalue weighted by Crippen LogP contribution is -2.39. The third-order valence-corrected chi connectivity index (χ3v) is 4.76. The Kier molecular flexibility index (Phi) is 9.93. The molecule has 0 saturated carbocycles. The highest BCUT2D eigenvalue weighted by Gasteiger charge is 2.21. The first-order chi connectivity index (χ1) is 14.1. The topological polar surface area (TPSA) is 75.6 Å². The van der Waals surface area contributed by atoms with Gasteiger partial charge in [0.2, 0.25) is 0 Å². The minimum Gasteiger partial charge on any atom is -0.480 e. The van der Waals surface area contributed by atoms with Gasteiger partial charge in [-0.15, -0.1) is 0 Å². The van der Waals surface area contributed by atoms with Crippen LogP contribution in [0, 0.1) is 0 Å². The number of carboxylic acid groups (broad SMARTS) is 1. The first kappa shape index (κ1) is 22.6. The SMILES string of the molecule is CCCCCCCCNC(CC(=O)c1ccc(Oc2ccccc2)cc1)C(=O)O. The van der Waals surface area contributed by atoms with Gasteiger partial charge in [-0.25, -0.2) is 0 Å². The van der Waals surface area contributed by atoms with Crippen LogP contribution in [-0.2, 0) is 4.79 Å². The number of Topliss-reactive ketones (excluding diaryl/α,β-unsaturated/α-hetero) is 1. The van der Waals surface area contributed by atoms with Crippen molar-refractivity contribution < 1.29 is 19.4 Å². The van der Waals surface area contributed by atoms with E-state index in [1.807, 2.05) is 30.3 Å². The van der Waals surface area contributed by atoms with Gasteiger partial charge >= 0.3 is 5.97 Å². The maximum Gasteiger partial charge on any atom is 0.321 e. The van der Waals surface area contributed by atoms with Crippen molar-refractivity contribution in [2.24, 2.45) is 0 Å². The van der Waals surface area contributed by atoms with Gasteiger partial charge in [-0.1, -0.05) is 57.2 Å². The van der Waals surface area contributed by atoms with Crippen molar-refractivity contribution >= 4 is 11.8 Å². The number of ketones is 1. The van der Waals surface area contributed by atoms with E-state index in [1.54, 1.807) is 24.3 Å². The fourth-order valence-corrected chi connectivity index (χ4v) is 3.07. The first-order valence-corrected chi connectivity index (χ1v) is 10.4. The molecule has 5 heteroatoms. The van der Waals surface area contributed by atoms with Gasteiger partial charge in [-0.3, -0.25) is 9.59 Å². The highest BCUT2D eigenvalue weighted by atomic mass is 16.5. The Hall–Kier alpha value is -2.66. The molecule has 0 bridgehead atoms. The molecule has 1 atom stereocenters. The molecule has 0 heterocycles. The van der Waals surface area contributed by atoms with Crippen molar-refractivity contribution in [3.63, 3.8) is 0 Å². The van der Waals surface area contributed by atoms with Crippen LogP contribution in [0.1, 0.15) is 62.2 Å². The van der Waals surface area contributed by atoms with Gasteiger partial charge in [0.25, 0.3) is 0 Å². The molecule has 156 valence electrons. The molecule has 2 aromatic carbocycles. The predicted molar refractivity (Wildman–Crippen MR) is 115 cm³/mol. The van der Waals surface area contributed by atoms with Crippen molar-refractivity contribution in [3.05, 3.63) is 60.2 Å². The van der Waals surface area contributed by atoms with Gasteiger partial charge < -0.3 is 15.2 Å². The molecule has 0 spiro atoms. The summed E-state index contributed by atoms with van der Waals surface area (Å²) >= 11 is 0. The van der Waals surface area contributed by atoms with Crippen LogP contribution >= 0.6 is 0 Å². The number of hydrogen-bond donors (Lipinski definition) is 2. The van der Waals surface area contributed by atoms with Crippen molar-refractivity contribution in [1.82, 2.24) is 5.32 Å². The van der Waals surface area contributed by atoms with Crippen LogP contribution in [0.5, 0.6) is 11.5 Å². The number of carbonyl (C=O) groups excluding carboxylic acids is 1. The highest BCUT2D eigenvalue weighted by molar-refractivity contribution is 5.98. The molecular formula is C24H31NO4. The summed E-state index contributed by atoms with van der Waals surface area (Å²) in [6, 6.07) is 15.3. The van der Waals surface area contributed by atoms with E-state index in [0.29, 0.717) is 17.9 Å². The maximum absolute atomic E-state index is 12.5. The van der Waals surface area contributed by atoms with Crippen molar-refractivity contribution in [1.29, 1.82) is 0 Å². The maximum atomic E-state index is 12.5. The van der Waals surface area contributed by atoms with E-state index < -0.39 is 12.0 Å². The van der Waals surface area contributed by atoms with Crippen LogP contribution in [0.15, 0.2) is 54.6 Å². The smallest absolute Gasteiger partial charge is 0.321 e. The summed E-state index contributed by atoms with van der Waals surface area (Å²) in [7, 11) is 0. The molecule has 0 aliphatic rings. The summed E-state index contributed by atoms with van der Waals surface area (Å²) in [6.45, 7) is 2.79. The lowest BCUT2D eigenvalue weighted by molar-refractivity contribution is -0.139. The van der Waals surface area contributed by atoms with Gasteiger partial charge in [-0.2, -0.15) is 0 Å². The Bertz CT molecular complexity index is 743. The Morgan fingerprint density at radius 2 is 1.52 bits per heavy atom. The molecule has 0 aliphatic carbocycles. The van der Waals surface area contributed by atoms with E-state index in [-0.39, 0.29) is 12.2 Å². The van der Waals surface area contributed by atoms with Crippen molar-refractivity contribution in [2.75, 3.05) is 6.54 Å². The van der Waals surface area contributed by atoms with E-state index in [2.05, 4.69) is 12.2 Å². The fraction of sp³-hybridized carbons (Fsp3) is 0.417. The van der Waals surface area contributed by atoms with Crippen molar-refractivity contribution in [3.8, 4) is 11.5 Å². The van der Waals surface area contributed by atoms with Crippen LogP contribution in [0.25, 0.3) is 0 Å². The van der Waals surface area contributed by atoms with Crippen LogP contribution in [0.4, 0.5) is 0 Å². The summed E-state index contributed by atoms with van der Waals surface area (Å²) in [4.78, 5) is 24.0. The molecule has 5 nitrogen and oxygen atoms in total. The summed E-state index contributed by atoms with van der Waals surface area (Å²) < 4.78 is 5.72. The molecule has 0 aliphatic heterocycles. The number of para-hydroxylation sites is 1. The molecule has 0 radical (unpaired) electrons. The minimum absolute atomic E-state index is 0.0654. The molecule has 0 amide bonds. The average molecular weight is 398 g/mol. The number of aliphatic carboxylic acids is 1. The third kappa shape index (κ3) is 8.48. The van der Waals surface area contributed by atoms with Gasteiger partial charge in [0.15, 0.2) is 5.78 Å². The zero-order valence-electron chi connectivity index (χ0n) is 17.1. The number of unbranched alkanes of at least 4 members (excludes halogenated alkanes) is 5. The third-order valence-electron chi connectivity index (χ3n) is 4.76. The zero-order valence-corrected chi connectivity index (χ0v) is 17.1. The number of benzene rings is 2. The van der Waals surface area contributed by atoms with E-state index in [1.165, 1.54) is 25.7 Å². The van der Waals surface area contributed by atoms with E-state index in [9.17, 15) is 14.7 Å². The van der Waals surface area contributed by atoms with Gasteiger partial charge in [0.05, 0.1) is 0 Å².